The van der Waals surface area contributed by atoms with E-state index in [1.165, 1.54) is 7.11 Å². The van der Waals surface area contributed by atoms with Crippen LogP contribution in [0.3, 0.4) is 0 Å². The van der Waals surface area contributed by atoms with Crippen molar-refractivity contribution >= 4 is 45.9 Å². The molecule has 0 atom stereocenters. The molecule has 2 heterocycles. The fourth-order valence-corrected chi connectivity index (χ4v) is 3.97. The van der Waals surface area contributed by atoms with Crippen molar-refractivity contribution in [3.05, 3.63) is 16.0 Å². The van der Waals surface area contributed by atoms with E-state index in [-0.39, 0.29) is 40.3 Å². The van der Waals surface area contributed by atoms with Gasteiger partial charge in [0.05, 0.1) is 22.8 Å². The topological polar surface area (TPSA) is 151 Å². The van der Waals surface area contributed by atoms with E-state index in [0.29, 0.717) is 17.3 Å². The van der Waals surface area contributed by atoms with Crippen molar-refractivity contribution in [2.45, 2.75) is 25.5 Å². The number of hydrogen-bond acceptors (Lipinski definition) is 10. The summed E-state index contributed by atoms with van der Waals surface area (Å²) in [5.41, 5.74) is 5.82. The van der Waals surface area contributed by atoms with Crippen molar-refractivity contribution in [2.75, 3.05) is 31.4 Å². The number of anilines is 1. The van der Waals surface area contributed by atoms with Crippen molar-refractivity contribution < 1.29 is 23.9 Å². The molecule has 2 aromatic rings. The number of aryl methyl sites for hydroxylation is 1. The van der Waals surface area contributed by atoms with Gasteiger partial charge in [-0.05, 0) is 29.8 Å². The fourth-order valence-electron chi connectivity index (χ4n) is 2.16. The first kappa shape index (κ1) is 21.8. The van der Waals surface area contributed by atoms with E-state index in [9.17, 15) is 14.4 Å². The summed E-state index contributed by atoms with van der Waals surface area (Å²) in [7, 11) is 1.48. The maximum absolute atomic E-state index is 12.4. The lowest BCUT2D eigenvalue weighted by Crippen LogP contribution is -2.17. The van der Waals surface area contributed by atoms with Gasteiger partial charge in [0.2, 0.25) is 11.1 Å². The number of carbonyl (C=O) groups is 3. The van der Waals surface area contributed by atoms with Crippen molar-refractivity contribution in [1.29, 1.82) is 0 Å². The summed E-state index contributed by atoms with van der Waals surface area (Å²) in [6.07, 6.45) is 0. The SMILES string of the molecule is CCn1nnnc1SCC(=O)Nc1sc(C(N)=O)c(C)c1C(=O)OCCOC. The minimum atomic E-state index is -0.689. The molecule has 0 bridgehead atoms. The smallest absolute Gasteiger partial charge is 0.341 e. The molecule has 13 heteroatoms. The highest BCUT2D eigenvalue weighted by Crippen LogP contribution is 2.33. The third kappa shape index (κ3) is 5.27. The lowest BCUT2D eigenvalue weighted by molar-refractivity contribution is -0.113. The predicted octanol–water partition coefficient (Wildman–Crippen LogP) is 0.696. The highest BCUT2D eigenvalue weighted by Gasteiger charge is 2.26. The van der Waals surface area contributed by atoms with E-state index in [0.717, 1.165) is 23.1 Å². The zero-order valence-electron chi connectivity index (χ0n) is 15.6. The van der Waals surface area contributed by atoms with Gasteiger partial charge in [0.15, 0.2) is 0 Å². The average molecular weight is 428 g/mol. The number of thioether (sulfide) groups is 1. The maximum Gasteiger partial charge on any atom is 0.341 e. The number of primary amides is 1. The molecule has 0 aliphatic rings. The quantitative estimate of drug-likeness (QED) is 0.316. The number of nitrogens with one attached hydrogen (secondary N) is 1. The minimum Gasteiger partial charge on any atom is -0.460 e. The van der Waals surface area contributed by atoms with Crippen LogP contribution in [0.5, 0.6) is 0 Å². The second kappa shape index (κ2) is 10.1. The molecule has 2 rings (SSSR count). The molecule has 11 nitrogen and oxygen atoms in total. The Kier molecular flexibility index (Phi) is 7.90. The number of thiophene rings is 1. The van der Waals surface area contributed by atoms with Gasteiger partial charge in [-0.3, -0.25) is 9.59 Å². The Morgan fingerprint density at radius 1 is 1.32 bits per heavy atom. The standard InChI is InChI=1S/C15H20N6O5S2/c1-4-21-15(18-19-20-21)27-7-9(22)17-13-10(14(24)26-6-5-25-3)8(2)11(28-13)12(16)23/h4-7H2,1-3H3,(H2,16,23)(H,17,22). The monoisotopic (exact) mass is 428 g/mol. The predicted molar refractivity (Wildman–Crippen MR) is 103 cm³/mol. The molecule has 0 spiro atoms. The van der Waals surface area contributed by atoms with Crippen LogP contribution in [0, 0.1) is 6.92 Å². The third-order valence-electron chi connectivity index (χ3n) is 3.48. The number of methoxy groups -OCH3 is 1. The third-order valence-corrected chi connectivity index (χ3v) is 5.66. The Hall–Kier alpha value is -2.51. The summed E-state index contributed by atoms with van der Waals surface area (Å²) < 4.78 is 11.5. The van der Waals surface area contributed by atoms with Gasteiger partial charge in [-0.15, -0.1) is 16.4 Å². The Morgan fingerprint density at radius 3 is 2.71 bits per heavy atom. The molecule has 0 saturated carbocycles. The van der Waals surface area contributed by atoms with E-state index < -0.39 is 11.9 Å². The summed E-state index contributed by atoms with van der Waals surface area (Å²) in [6, 6.07) is 0. The van der Waals surface area contributed by atoms with Crippen LogP contribution in [0.1, 0.15) is 32.5 Å². The number of ether oxygens (including phenoxy) is 2. The zero-order chi connectivity index (χ0) is 20.7. The maximum atomic E-state index is 12.4. The van der Waals surface area contributed by atoms with Crippen molar-refractivity contribution in [3.8, 4) is 0 Å². The minimum absolute atomic E-state index is 0.0153. The number of rotatable bonds is 10. The first-order chi connectivity index (χ1) is 13.4. The molecule has 0 radical (unpaired) electrons. The van der Waals surface area contributed by atoms with Crippen LogP contribution in [-0.2, 0) is 20.8 Å². The van der Waals surface area contributed by atoms with E-state index in [4.69, 9.17) is 15.2 Å². The fraction of sp³-hybridized carbons (Fsp3) is 0.467. The highest BCUT2D eigenvalue weighted by atomic mass is 32.2. The van der Waals surface area contributed by atoms with E-state index in [1.54, 1.807) is 11.6 Å². The Bertz CT molecular complexity index is 865. The number of hydrogen-bond donors (Lipinski definition) is 2. The number of amides is 2. The van der Waals surface area contributed by atoms with Gasteiger partial charge in [0.1, 0.15) is 11.6 Å². The number of nitrogens with zero attached hydrogens (tertiary/aromatic N) is 4. The van der Waals surface area contributed by atoms with Gasteiger partial charge < -0.3 is 20.5 Å². The van der Waals surface area contributed by atoms with Crippen molar-refractivity contribution in [3.63, 3.8) is 0 Å². The Labute approximate surface area is 168 Å². The molecular weight excluding hydrogens is 408 g/mol. The molecule has 0 unspecified atom stereocenters. The molecule has 2 amide bonds. The van der Waals surface area contributed by atoms with Crippen LogP contribution in [-0.4, -0.2) is 64.1 Å². The number of nitrogens with two attached hydrogens (primary N) is 1. The zero-order valence-corrected chi connectivity index (χ0v) is 17.2. The second-order valence-corrected chi connectivity index (χ2v) is 7.33. The van der Waals surface area contributed by atoms with Crippen LogP contribution in [0.4, 0.5) is 5.00 Å². The molecule has 28 heavy (non-hydrogen) atoms. The first-order valence-corrected chi connectivity index (χ1v) is 9.97. The number of tetrazole rings is 1. The Balaban J connectivity index is 2.14. The average Bonchev–Trinajstić information content (AvgIpc) is 3.24. The molecule has 0 aliphatic heterocycles. The lowest BCUT2D eigenvalue weighted by Gasteiger charge is -2.08. The van der Waals surface area contributed by atoms with Gasteiger partial charge in [-0.2, -0.15) is 0 Å². The largest absolute Gasteiger partial charge is 0.460 e. The number of carbonyl (C=O) groups excluding carboxylic acids is 3. The molecule has 3 N–H and O–H groups in total. The van der Waals surface area contributed by atoms with Crippen molar-refractivity contribution in [2.24, 2.45) is 5.73 Å². The summed E-state index contributed by atoms with van der Waals surface area (Å²) >= 11 is 2.08. The lowest BCUT2D eigenvalue weighted by atomic mass is 10.1. The molecule has 0 aromatic carbocycles. The van der Waals surface area contributed by atoms with E-state index in [1.807, 2.05) is 6.92 Å². The summed E-state index contributed by atoms with van der Waals surface area (Å²) in [4.78, 5) is 36.5. The second-order valence-electron chi connectivity index (χ2n) is 5.37. The van der Waals surface area contributed by atoms with Crippen LogP contribution < -0.4 is 11.1 Å². The normalized spacial score (nSPS) is 10.7. The number of esters is 1. The van der Waals surface area contributed by atoms with Crippen LogP contribution >= 0.6 is 23.1 Å². The van der Waals surface area contributed by atoms with E-state index >= 15 is 0 Å². The molecule has 152 valence electrons. The summed E-state index contributed by atoms with van der Waals surface area (Å²) in [5, 5.41) is 14.5. The number of aromatic nitrogens is 4. The molecule has 0 aliphatic carbocycles. The van der Waals surface area contributed by atoms with Gasteiger partial charge in [-0.25, -0.2) is 9.48 Å². The summed E-state index contributed by atoms with van der Waals surface area (Å²) in [5.74, 6) is -1.73. The van der Waals surface area contributed by atoms with Crippen LogP contribution in [0.2, 0.25) is 0 Å². The van der Waals surface area contributed by atoms with Crippen LogP contribution in [0.15, 0.2) is 5.16 Å². The van der Waals surface area contributed by atoms with Gasteiger partial charge >= 0.3 is 5.97 Å². The molecule has 0 saturated heterocycles. The molecule has 2 aromatic heterocycles. The van der Waals surface area contributed by atoms with Gasteiger partial charge in [0, 0.05) is 13.7 Å². The van der Waals surface area contributed by atoms with Crippen LogP contribution in [0.25, 0.3) is 0 Å². The van der Waals surface area contributed by atoms with Gasteiger partial charge in [0.25, 0.3) is 5.91 Å². The van der Waals surface area contributed by atoms with E-state index in [2.05, 4.69) is 20.8 Å². The highest BCUT2D eigenvalue weighted by molar-refractivity contribution is 7.99. The summed E-state index contributed by atoms with van der Waals surface area (Å²) in [6.45, 7) is 4.28. The van der Waals surface area contributed by atoms with Crippen molar-refractivity contribution in [1.82, 2.24) is 20.2 Å². The van der Waals surface area contributed by atoms with Gasteiger partial charge in [-0.1, -0.05) is 11.8 Å². The first-order valence-electron chi connectivity index (χ1n) is 8.17. The molecule has 0 fully saturated rings. The molecular formula is C15H20N6O5S2. The Morgan fingerprint density at radius 2 is 2.07 bits per heavy atom.